The Hall–Kier alpha value is -3.90. The highest BCUT2D eigenvalue weighted by atomic mass is 79.9. The van der Waals surface area contributed by atoms with Crippen LogP contribution in [-0.4, -0.2) is 25.3 Å². The van der Waals surface area contributed by atoms with Gasteiger partial charge in [-0.1, -0.05) is 23.4 Å². The van der Waals surface area contributed by atoms with Crippen LogP contribution in [0, 0.1) is 17.1 Å². The monoisotopic (exact) mass is 525 g/mol. The zero-order valence-corrected chi connectivity index (χ0v) is 19.8. The first kappa shape index (κ1) is 24.7. The number of carbonyl (C=O) groups is 1. The summed E-state index contributed by atoms with van der Waals surface area (Å²) in [5.41, 5.74) is 2.40. The van der Waals surface area contributed by atoms with Crippen LogP contribution in [0.4, 0.5) is 10.1 Å². The molecule has 0 unspecified atom stereocenters. The number of nitrogens with one attached hydrogen (secondary N) is 1. The number of rotatable bonds is 10. The van der Waals surface area contributed by atoms with E-state index in [0.717, 1.165) is 5.56 Å². The van der Waals surface area contributed by atoms with Gasteiger partial charge in [0.1, 0.15) is 12.4 Å². The van der Waals surface area contributed by atoms with E-state index < -0.39 is 5.91 Å². The van der Waals surface area contributed by atoms with E-state index in [1.165, 1.54) is 30.5 Å². The second-order valence-corrected chi connectivity index (χ2v) is 7.73. The van der Waals surface area contributed by atoms with E-state index in [4.69, 9.17) is 19.6 Å². The maximum atomic E-state index is 13.0. The molecule has 174 valence electrons. The predicted octanol–water partition coefficient (Wildman–Crippen LogP) is 5.43. The number of nitrogens with zero attached hydrogens (tertiary/aromatic N) is 2. The normalized spacial score (nSPS) is 10.5. The molecule has 0 aliphatic carbocycles. The summed E-state index contributed by atoms with van der Waals surface area (Å²) in [6.45, 7) is 2.10. The van der Waals surface area contributed by atoms with Crippen molar-refractivity contribution in [2.24, 2.45) is 5.16 Å². The molecule has 0 bridgehead atoms. The number of hydrogen-bond donors (Lipinski definition) is 1. The van der Waals surface area contributed by atoms with E-state index in [1.54, 1.807) is 30.3 Å². The molecular weight excluding hydrogens is 505 g/mol. The molecule has 0 saturated heterocycles. The molecule has 0 aliphatic heterocycles. The SMILES string of the molecule is CCOc1cc(/C=N\OCc2ccccc2C#N)c(Br)cc1OCC(=O)Nc1ccc(F)cc1. The van der Waals surface area contributed by atoms with Crippen LogP contribution in [0.1, 0.15) is 23.6 Å². The Bertz CT molecular complexity index is 1210. The van der Waals surface area contributed by atoms with Gasteiger partial charge in [0.15, 0.2) is 18.1 Å². The number of halogens is 2. The highest BCUT2D eigenvalue weighted by molar-refractivity contribution is 9.10. The molecule has 1 amide bonds. The Balaban J connectivity index is 1.63. The van der Waals surface area contributed by atoms with Crippen molar-refractivity contribution in [1.29, 1.82) is 5.26 Å². The lowest BCUT2D eigenvalue weighted by Crippen LogP contribution is -2.20. The van der Waals surface area contributed by atoms with Crippen molar-refractivity contribution in [3.63, 3.8) is 0 Å². The molecule has 0 fully saturated rings. The van der Waals surface area contributed by atoms with Gasteiger partial charge in [-0.3, -0.25) is 4.79 Å². The smallest absolute Gasteiger partial charge is 0.262 e. The molecule has 7 nitrogen and oxygen atoms in total. The van der Waals surface area contributed by atoms with Crippen LogP contribution in [-0.2, 0) is 16.2 Å². The van der Waals surface area contributed by atoms with Gasteiger partial charge >= 0.3 is 0 Å². The molecule has 0 heterocycles. The van der Waals surface area contributed by atoms with E-state index in [2.05, 4.69) is 32.5 Å². The minimum Gasteiger partial charge on any atom is -0.490 e. The third kappa shape index (κ3) is 7.05. The summed E-state index contributed by atoms with van der Waals surface area (Å²) in [6.07, 6.45) is 1.51. The fraction of sp³-hybridized carbons (Fsp3) is 0.160. The topological polar surface area (TPSA) is 92.9 Å². The first-order chi connectivity index (χ1) is 16.5. The number of hydrogen-bond acceptors (Lipinski definition) is 6. The molecule has 3 aromatic rings. The first-order valence-electron chi connectivity index (χ1n) is 10.3. The lowest BCUT2D eigenvalue weighted by atomic mass is 10.1. The Morgan fingerprint density at radius 3 is 2.62 bits per heavy atom. The molecule has 34 heavy (non-hydrogen) atoms. The summed E-state index contributed by atoms with van der Waals surface area (Å²) < 4.78 is 24.9. The van der Waals surface area contributed by atoms with Gasteiger partial charge in [-0.15, -0.1) is 0 Å². The maximum Gasteiger partial charge on any atom is 0.262 e. The van der Waals surface area contributed by atoms with E-state index in [1.807, 2.05) is 13.0 Å². The predicted molar refractivity (Wildman–Crippen MR) is 129 cm³/mol. The fourth-order valence-electron chi connectivity index (χ4n) is 2.86. The Morgan fingerprint density at radius 2 is 1.88 bits per heavy atom. The fourth-order valence-corrected chi connectivity index (χ4v) is 3.29. The van der Waals surface area contributed by atoms with Gasteiger partial charge in [-0.2, -0.15) is 5.26 Å². The third-order valence-corrected chi connectivity index (χ3v) is 5.16. The lowest BCUT2D eigenvalue weighted by molar-refractivity contribution is -0.118. The summed E-state index contributed by atoms with van der Waals surface area (Å²) in [7, 11) is 0. The Morgan fingerprint density at radius 1 is 1.15 bits per heavy atom. The van der Waals surface area contributed by atoms with Crippen molar-refractivity contribution in [3.8, 4) is 17.6 Å². The molecule has 1 N–H and O–H groups in total. The average Bonchev–Trinajstić information content (AvgIpc) is 2.84. The Labute approximate surface area is 204 Å². The summed E-state index contributed by atoms with van der Waals surface area (Å²) in [6, 6.07) is 18.1. The van der Waals surface area contributed by atoms with Gasteiger partial charge in [0.25, 0.3) is 5.91 Å². The number of amides is 1. The molecule has 0 atom stereocenters. The molecule has 0 aromatic heterocycles. The molecule has 0 saturated carbocycles. The maximum absolute atomic E-state index is 13.0. The Kier molecular flexibility index (Phi) is 9.00. The summed E-state index contributed by atoms with van der Waals surface area (Å²) >= 11 is 3.46. The van der Waals surface area contributed by atoms with Crippen LogP contribution in [0.2, 0.25) is 0 Å². The molecule has 0 aliphatic rings. The van der Waals surface area contributed by atoms with Gasteiger partial charge in [0.05, 0.1) is 24.5 Å². The standard InChI is InChI=1S/C25H21BrFN3O4/c1-2-32-23-11-19(14-29-34-15-18-6-4-3-5-17(18)13-28)22(26)12-24(23)33-16-25(31)30-21-9-7-20(27)8-10-21/h3-12,14H,2,15-16H2,1H3,(H,30,31)/b29-14-. The number of anilines is 1. The summed E-state index contributed by atoms with van der Waals surface area (Å²) in [4.78, 5) is 17.5. The van der Waals surface area contributed by atoms with Gasteiger partial charge in [-0.25, -0.2) is 4.39 Å². The summed E-state index contributed by atoms with van der Waals surface area (Å²) in [5.74, 6) is 0.00360. The quantitative estimate of drug-likeness (QED) is 0.281. The van der Waals surface area contributed by atoms with E-state index in [-0.39, 0.29) is 19.0 Å². The van der Waals surface area contributed by atoms with E-state index in [9.17, 15) is 9.18 Å². The number of oxime groups is 1. The van der Waals surface area contributed by atoms with Crippen LogP contribution in [0.25, 0.3) is 0 Å². The van der Waals surface area contributed by atoms with Gasteiger partial charge in [-0.05, 0) is 65.3 Å². The number of nitriles is 1. The van der Waals surface area contributed by atoms with Crippen LogP contribution < -0.4 is 14.8 Å². The number of benzene rings is 3. The van der Waals surface area contributed by atoms with Crippen LogP contribution in [0.5, 0.6) is 11.5 Å². The van der Waals surface area contributed by atoms with Crippen molar-refractivity contribution in [1.82, 2.24) is 0 Å². The minimum atomic E-state index is -0.401. The second kappa shape index (κ2) is 12.4. The second-order valence-electron chi connectivity index (χ2n) is 6.87. The van der Waals surface area contributed by atoms with Crippen molar-refractivity contribution < 1.29 is 23.5 Å². The van der Waals surface area contributed by atoms with Crippen LogP contribution in [0.15, 0.2) is 70.3 Å². The third-order valence-electron chi connectivity index (χ3n) is 4.47. The van der Waals surface area contributed by atoms with Crippen molar-refractivity contribution in [2.75, 3.05) is 18.5 Å². The lowest BCUT2D eigenvalue weighted by Gasteiger charge is -2.14. The highest BCUT2D eigenvalue weighted by Crippen LogP contribution is 2.33. The number of carbonyl (C=O) groups excluding carboxylic acids is 1. The molecular formula is C25H21BrFN3O4. The molecule has 0 radical (unpaired) electrons. The van der Waals surface area contributed by atoms with Crippen molar-refractivity contribution in [2.45, 2.75) is 13.5 Å². The first-order valence-corrected chi connectivity index (χ1v) is 11.1. The highest BCUT2D eigenvalue weighted by Gasteiger charge is 2.12. The largest absolute Gasteiger partial charge is 0.490 e. The van der Waals surface area contributed by atoms with Crippen LogP contribution in [0.3, 0.4) is 0 Å². The van der Waals surface area contributed by atoms with Gasteiger partial charge in [0, 0.05) is 21.3 Å². The van der Waals surface area contributed by atoms with Gasteiger partial charge in [0.2, 0.25) is 0 Å². The van der Waals surface area contributed by atoms with Crippen LogP contribution >= 0.6 is 15.9 Å². The van der Waals surface area contributed by atoms with Gasteiger partial charge < -0.3 is 19.6 Å². The zero-order chi connectivity index (χ0) is 24.3. The van der Waals surface area contributed by atoms with Crippen molar-refractivity contribution in [3.05, 3.63) is 87.6 Å². The van der Waals surface area contributed by atoms with Crippen molar-refractivity contribution >= 4 is 33.7 Å². The summed E-state index contributed by atoms with van der Waals surface area (Å²) in [5, 5.41) is 15.8. The molecule has 3 rings (SSSR count). The molecule has 9 heteroatoms. The zero-order valence-electron chi connectivity index (χ0n) is 18.3. The molecule has 3 aromatic carbocycles. The minimum absolute atomic E-state index is 0.153. The molecule has 0 spiro atoms. The van der Waals surface area contributed by atoms with E-state index in [0.29, 0.717) is 39.4 Å². The average molecular weight is 526 g/mol. The van der Waals surface area contributed by atoms with E-state index >= 15 is 0 Å². The number of ether oxygens (including phenoxy) is 2.